The van der Waals surface area contributed by atoms with Crippen LogP contribution in [-0.4, -0.2) is 50.8 Å². The average Bonchev–Trinajstić information content (AvgIpc) is 2.96. The number of carbonyl (C=O) groups is 3. The molecule has 0 aliphatic carbocycles. The van der Waals surface area contributed by atoms with E-state index in [0.29, 0.717) is 35.6 Å². The van der Waals surface area contributed by atoms with Crippen LogP contribution >= 0.6 is 11.6 Å². The van der Waals surface area contributed by atoms with Gasteiger partial charge in [0.25, 0.3) is 0 Å². The Bertz CT molecular complexity index is 1230. The fourth-order valence-electron chi connectivity index (χ4n) is 4.59. The summed E-state index contributed by atoms with van der Waals surface area (Å²) in [6, 6.07) is 12.3. The van der Waals surface area contributed by atoms with Crippen molar-refractivity contribution >= 4 is 39.0 Å². The first-order valence-electron chi connectivity index (χ1n) is 12.0. The molecule has 194 valence electrons. The highest BCUT2D eigenvalue weighted by molar-refractivity contribution is 7.89. The minimum Gasteiger partial charge on any atom is -0.496 e. The summed E-state index contributed by atoms with van der Waals surface area (Å²) in [5.74, 6) is -1.03. The van der Waals surface area contributed by atoms with Crippen molar-refractivity contribution in [3.63, 3.8) is 0 Å². The molecule has 0 saturated carbocycles. The van der Waals surface area contributed by atoms with Crippen molar-refractivity contribution < 1.29 is 27.5 Å². The number of hydrogen-bond acceptors (Lipinski definition) is 6. The number of nitrogens with zero attached hydrogens (tertiary/aromatic N) is 1. The maximum atomic E-state index is 13.4. The molecule has 0 bridgehead atoms. The summed E-state index contributed by atoms with van der Waals surface area (Å²) in [7, 11) is -1.60. The Morgan fingerprint density at radius 3 is 2.47 bits per heavy atom. The highest BCUT2D eigenvalue weighted by Crippen LogP contribution is 2.30. The minimum atomic E-state index is -3.14. The summed E-state index contributed by atoms with van der Waals surface area (Å²) in [6.45, 7) is 1.73. The minimum absolute atomic E-state index is 0.0494. The normalized spacial score (nSPS) is 17.6. The van der Waals surface area contributed by atoms with Gasteiger partial charge in [-0.25, -0.2) is 8.42 Å². The van der Waals surface area contributed by atoms with Crippen LogP contribution in [0, 0.1) is 5.92 Å². The molecule has 0 N–H and O–H groups in total. The molecule has 1 saturated heterocycles. The molecular formula is C27H32ClNO6S. The van der Waals surface area contributed by atoms with Crippen LogP contribution < -0.4 is 4.74 Å². The maximum Gasteiger partial charge on any atom is 0.233 e. The highest BCUT2D eigenvalue weighted by atomic mass is 35.5. The van der Waals surface area contributed by atoms with Gasteiger partial charge < -0.3 is 4.74 Å². The molecule has 1 aliphatic rings. The van der Waals surface area contributed by atoms with Crippen molar-refractivity contribution in [1.29, 1.82) is 0 Å². The lowest BCUT2D eigenvalue weighted by atomic mass is 9.91. The van der Waals surface area contributed by atoms with Crippen molar-refractivity contribution in [3.05, 3.63) is 64.2 Å². The molecule has 1 aliphatic heterocycles. The zero-order chi connectivity index (χ0) is 26.5. The highest BCUT2D eigenvalue weighted by Gasteiger charge is 2.35. The Labute approximate surface area is 217 Å². The number of likely N-dealkylation sites (tertiary alicyclic amines) is 1. The molecule has 7 nitrogen and oxygen atoms in total. The monoisotopic (exact) mass is 533 g/mol. The zero-order valence-corrected chi connectivity index (χ0v) is 22.4. The van der Waals surface area contributed by atoms with Gasteiger partial charge in [-0.1, -0.05) is 42.8 Å². The Morgan fingerprint density at radius 2 is 1.86 bits per heavy atom. The van der Waals surface area contributed by atoms with Crippen molar-refractivity contribution in [1.82, 2.24) is 4.90 Å². The van der Waals surface area contributed by atoms with Gasteiger partial charge in [0.1, 0.15) is 5.75 Å². The predicted octanol–water partition coefficient (Wildman–Crippen LogP) is 4.35. The van der Waals surface area contributed by atoms with Gasteiger partial charge in [-0.3, -0.25) is 19.3 Å². The molecule has 2 unspecified atom stereocenters. The first-order valence-corrected chi connectivity index (χ1v) is 14.4. The van der Waals surface area contributed by atoms with Gasteiger partial charge in [0.2, 0.25) is 11.8 Å². The predicted molar refractivity (Wildman–Crippen MR) is 139 cm³/mol. The summed E-state index contributed by atoms with van der Waals surface area (Å²) in [4.78, 5) is 40.3. The van der Waals surface area contributed by atoms with E-state index < -0.39 is 15.8 Å². The van der Waals surface area contributed by atoms with Crippen LogP contribution in [0.4, 0.5) is 0 Å². The van der Waals surface area contributed by atoms with E-state index in [1.165, 1.54) is 6.26 Å². The zero-order valence-electron chi connectivity index (χ0n) is 20.8. The van der Waals surface area contributed by atoms with Crippen LogP contribution in [0.3, 0.4) is 0 Å². The molecule has 36 heavy (non-hydrogen) atoms. The maximum absolute atomic E-state index is 13.4. The number of imide groups is 1. The van der Waals surface area contributed by atoms with E-state index in [4.69, 9.17) is 16.3 Å². The number of amides is 2. The molecule has 1 heterocycles. The molecule has 0 aromatic heterocycles. The second-order valence-electron chi connectivity index (χ2n) is 9.37. The number of rotatable bonds is 9. The van der Waals surface area contributed by atoms with Gasteiger partial charge in [0.15, 0.2) is 15.6 Å². The van der Waals surface area contributed by atoms with E-state index in [-0.39, 0.29) is 48.7 Å². The molecule has 0 spiro atoms. The first-order chi connectivity index (χ1) is 17.0. The van der Waals surface area contributed by atoms with Crippen LogP contribution in [0.25, 0.3) is 0 Å². The van der Waals surface area contributed by atoms with E-state index in [2.05, 4.69) is 0 Å². The first kappa shape index (κ1) is 27.9. The molecular weight excluding hydrogens is 502 g/mol. The molecule has 2 amide bonds. The second kappa shape index (κ2) is 12.0. The number of sulfone groups is 1. The SMILES string of the molecule is CCC(CC(=O)N1CC(=O)CCC(Cc2cc(Cl)ccc2OC)C1=O)c1ccc(CS(C)(=O)=O)cc1. The van der Waals surface area contributed by atoms with Gasteiger partial charge in [0, 0.05) is 30.0 Å². The summed E-state index contributed by atoms with van der Waals surface area (Å²) < 4.78 is 28.5. The van der Waals surface area contributed by atoms with Crippen molar-refractivity contribution in [2.24, 2.45) is 5.92 Å². The molecule has 1 fully saturated rings. The third kappa shape index (κ3) is 7.40. The number of carbonyl (C=O) groups excluding carboxylic acids is 3. The molecule has 2 aromatic carbocycles. The van der Waals surface area contributed by atoms with E-state index in [0.717, 1.165) is 16.0 Å². The fraction of sp³-hybridized carbons (Fsp3) is 0.444. The molecule has 0 radical (unpaired) electrons. The third-order valence-corrected chi connectivity index (χ3v) is 7.62. The lowest BCUT2D eigenvalue weighted by molar-refractivity contribution is -0.148. The van der Waals surface area contributed by atoms with E-state index in [1.54, 1.807) is 37.4 Å². The van der Waals surface area contributed by atoms with Crippen LogP contribution in [-0.2, 0) is 36.4 Å². The van der Waals surface area contributed by atoms with Gasteiger partial charge in [-0.2, -0.15) is 0 Å². The largest absolute Gasteiger partial charge is 0.496 e. The number of Topliss-reactive ketones (excluding diaryl/α,β-unsaturated/α-hetero) is 1. The Morgan fingerprint density at radius 1 is 1.17 bits per heavy atom. The van der Waals surface area contributed by atoms with Crippen LogP contribution in [0.5, 0.6) is 5.75 Å². The summed E-state index contributed by atoms with van der Waals surface area (Å²) >= 11 is 6.15. The van der Waals surface area contributed by atoms with Crippen LogP contribution in [0.2, 0.25) is 5.02 Å². The van der Waals surface area contributed by atoms with Crippen molar-refractivity contribution in [3.8, 4) is 5.75 Å². The molecule has 3 rings (SSSR count). The van der Waals surface area contributed by atoms with Gasteiger partial charge >= 0.3 is 0 Å². The van der Waals surface area contributed by atoms with Gasteiger partial charge in [-0.05, 0) is 60.1 Å². The molecule has 2 aromatic rings. The number of methoxy groups -OCH3 is 1. The number of ketones is 1. The average molecular weight is 534 g/mol. The lowest BCUT2D eigenvalue weighted by Crippen LogP contribution is -2.42. The topological polar surface area (TPSA) is 97.8 Å². The second-order valence-corrected chi connectivity index (χ2v) is 12.0. The Hall–Kier alpha value is -2.71. The van der Waals surface area contributed by atoms with Crippen molar-refractivity contribution in [2.75, 3.05) is 19.9 Å². The van der Waals surface area contributed by atoms with Crippen LogP contribution in [0.1, 0.15) is 55.2 Å². The third-order valence-electron chi connectivity index (χ3n) is 6.52. The quantitative estimate of drug-likeness (QED) is 0.475. The lowest BCUT2D eigenvalue weighted by Gasteiger charge is -2.25. The number of ether oxygens (including phenoxy) is 1. The molecule has 2 atom stereocenters. The van der Waals surface area contributed by atoms with E-state index in [1.807, 2.05) is 19.1 Å². The summed E-state index contributed by atoms with van der Waals surface area (Å²) in [6.07, 6.45) is 2.81. The fourth-order valence-corrected chi connectivity index (χ4v) is 5.59. The Kier molecular flexibility index (Phi) is 9.30. The number of benzene rings is 2. The number of halogens is 1. The van der Waals surface area contributed by atoms with Gasteiger partial charge in [-0.15, -0.1) is 0 Å². The summed E-state index contributed by atoms with van der Waals surface area (Å²) in [5.41, 5.74) is 2.32. The van der Waals surface area contributed by atoms with Crippen LogP contribution in [0.15, 0.2) is 42.5 Å². The van der Waals surface area contributed by atoms with E-state index >= 15 is 0 Å². The smallest absolute Gasteiger partial charge is 0.233 e. The summed E-state index contributed by atoms with van der Waals surface area (Å²) in [5, 5.41) is 0.518. The number of hydrogen-bond donors (Lipinski definition) is 0. The molecule has 9 heteroatoms. The Balaban J connectivity index is 1.77. The standard InChI is InChI=1S/C27H32ClNO6S/c1-4-19(20-7-5-18(6-8-20)17-36(3,33)34)15-26(31)29-16-24(30)11-9-21(27(29)32)13-22-14-23(28)10-12-25(22)35-2/h5-8,10,12,14,19,21H,4,9,11,13,15-17H2,1-3H3. The van der Waals surface area contributed by atoms with Gasteiger partial charge in [0.05, 0.1) is 19.4 Å². The van der Waals surface area contributed by atoms with E-state index in [9.17, 15) is 22.8 Å². The van der Waals surface area contributed by atoms with Crippen molar-refractivity contribution in [2.45, 2.75) is 50.7 Å².